The number of aryl methyl sites for hydroxylation is 1. The second-order valence-corrected chi connectivity index (χ2v) is 6.48. The molecule has 4 nitrogen and oxygen atoms in total. The van der Waals surface area contributed by atoms with Gasteiger partial charge in [-0.2, -0.15) is 0 Å². The summed E-state index contributed by atoms with van der Waals surface area (Å²) in [4.78, 5) is 12.2. The number of benzene rings is 1. The highest BCUT2D eigenvalue weighted by atomic mass is 16.5. The number of hydrogen-bond donors (Lipinski definition) is 1. The summed E-state index contributed by atoms with van der Waals surface area (Å²) in [7, 11) is 0. The van der Waals surface area contributed by atoms with Gasteiger partial charge >= 0.3 is 0 Å². The van der Waals surface area contributed by atoms with E-state index in [0.717, 1.165) is 5.69 Å². The summed E-state index contributed by atoms with van der Waals surface area (Å²) in [5.41, 5.74) is 2.14. The molecule has 0 radical (unpaired) electrons. The van der Waals surface area contributed by atoms with E-state index in [2.05, 4.69) is 34.7 Å². The third-order valence-corrected chi connectivity index (χ3v) is 4.73. The molecule has 1 atom stereocenters. The molecule has 1 fully saturated rings. The molecule has 0 unspecified atom stereocenters. The number of rotatable bonds is 6. The maximum Gasteiger partial charge on any atom is 0.227 e. The molecule has 0 bridgehead atoms. The molecule has 1 heterocycles. The smallest absolute Gasteiger partial charge is 0.227 e. The largest absolute Gasteiger partial charge is 0.361 e. The van der Waals surface area contributed by atoms with Crippen LogP contribution in [0.4, 0.5) is 0 Å². The van der Waals surface area contributed by atoms with Crippen molar-refractivity contribution in [2.24, 2.45) is 5.92 Å². The van der Waals surface area contributed by atoms with Gasteiger partial charge in [-0.1, -0.05) is 48.3 Å². The Morgan fingerprint density at radius 1 is 1.30 bits per heavy atom. The summed E-state index contributed by atoms with van der Waals surface area (Å²) in [6, 6.07) is 12.4. The number of aromatic nitrogens is 1. The van der Waals surface area contributed by atoms with E-state index in [0.29, 0.717) is 24.1 Å². The van der Waals surface area contributed by atoms with Crippen molar-refractivity contribution >= 4 is 5.91 Å². The Hall–Kier alpha value is -2.10. The molecule has 1 aromatic heterocycles. The molecule has 23 heavy (non-hydrogen) atoms. The van der Waals surface area contributed by atoms with Crippen LogP contribution in [0.25, 0.3) is 0 Å². The first-order valence-corrected chi connectivity index (χ1v) is 8.46. The maximum absolute atomic E-state index is 12.2. The van der Waals surface area contributed by atoms with Gasteiger partial charge in [-0.3, -0.25) is 4.79 Å². The number of carbonyl (C=O) groups is 1. The second kappa shape index (κ2) is 7.44. The zero-order chi connectivity index (χ0) is 16.1. The van der Waals surface area contributed by atoms with E-state index in [4.69, 9.17) is 4.52 Å². The molecule has 2 aromatic rings. The van der Waals surface area contributed by atoms with Gasteiger partial charge in [0.1, 0.15) is 5.76 Å². The van der Waals surface area contributed by atoms with Crippen LogP contribution in [-0.2, 0) is 11.2 Å². The fraction of sp³-hybridized carbons (Fsp3) is 0.474. The summed E-state index contributed by atoms with van der Waals surface area (Å²) >= 11 is 0. The molecule has 1 aliphatic rings. The normalized spacial score (nSPS) is 16.4. The molecule has 4 heteroatoms. The van der Waals surface area contributed by atoms with Crippen molar-refractivity contribution in [1.29, 1.82) is 0 Å². The minimum Gasteiger partial charge on any atom is -0.361 e. The van der Waals surface area contributed by atoms with Crippen LogP contribution in [0.1, 0.15) is 48.6 Å². The minimum atomic E-state index is 0.0000723. The Kier molecular flexibility index (Phi) is 5.11. The SMILES string of the molecule is Cc1cc(CC(=O)NC[C@@H](c2ccccc2)C2CCCC2)on1. The van der Waals surface area contributed by atoms with Crippen LogP contribution in [0.15, 0.2) is 40.9 Å². The van der Waals surface area contributed by atoms with Crippen molar-refractivity contribution in [3.8, 4) is 0 Å². The predicted octanol–water partition coefficient (Wildman–Crippen LogP) is 3.62. The quantitative estimate of drug-likeness (QED) is 0.886. The van der Waals surface area contributed by atoms with Crippen molar-refractivity contribution in [2.45, 2.75) is 44.9 Å². The van der Waals surface area contributed by atoms with Gasteiger partial charge in [-0.15, -0.1) is 0 Å². The second-order valence-electron chi connectivity index (χ2n) is 6.48. The Balaban J connectivity index is 1.61. The minimum absolute atomic E-state index is 0.0000723. The summed E-state index contributed by atoms with van der Waals surface area (Å²) in [6.45, 7) is 2.55. The van der Waals surface area contributed by atoms with Gasteiger partial charge in [-0.25, -0.2) is 0 Å². The highest BCUT2D eigenvalue weighted by Gasteiger charge is 2.26. The average molecular weight is 312 g/mol. The molecule has 1 N–H and O–H groups in total. The molecule has 1 saturated carbocycles. The van der Waals surface area contributed by atoms with E-state index < -0.39 is 0 Å². The monoisotopic (exact) mass is 312 g/mol. The van der Waals surface area contributed by atoms with E-state index in [1.165, 1.54) is 31.2 Å². The Bertz CT molecular complexity index is 630. The first kappa shape index (κ1) is 15.8. The maximum atomic E-state index is 12.2. The van der Waals surface area contributed by atoms with Crippen molar-refractivity contribution in [1.82, 2.24) is 10.5 Å². The highest BCUT2D eigenvalue weighted by molar-refractivity contribution is 5.78. The van der Waals surface area contributed by atoms with Gasteiger partial charge in [0.2, 0.25) is 5.91 Å². The van der Waals surface area contributed by atoms with Crippen molar-refractivity contribution in [2.75, 3.05) is 6.54 Å². The number of nitrogens with one attached hydrogen (secondary N) is 1. The molecular formula is C19H24N2O2. The third kappa shape index (κ3) is 4.21. The fourth-order valence-electron chi connectivity index (χ4n) is 3.56. The molecule has 0 spiro atoms. The summed E-state index contributed by atoms with van der Waals surface area (Å²) < 4.78 is 5.12. The van der Waals surface area contributed by atoms with Crippen LogP contribution in [0.5, 0.6) is 0 Å². The van der Waals surface area contributed by atoms with E-state index in [1.807, 2.05) is 19.1 Å². The van der Waals surface area contributed by atoms with Crippen LogP contribution in [0, 0.1) is 12.8 Å². The summed E-state index contributed by atoms with van der Waals surface area (Å²) in [6.07, 6.45) is 5.39. The zero-order valence-electron chi connectivity index (χ0n) is 13.6. The van der Waals surface area contributed by atoms with Gasteiger partial charge in [0.05, 0.1) is 12.1 Å². The van der Waals surface area contributed by atoms with Crippen molar-refractivity contribution in [3.05, 3.63) is 53.4 Å². The van der Waals surface area contributed by atoms with Crippen LogP contribution in [-0.4, -0.2) is 17.6 Å². The third-order valence-electron chi connectivity index (χ3n) is 4.73. The molecule has 0 aliphatic heterocycles. The number of hydrogen-bond acceptors (Lipinski definition) is 3. The van der Waals surface area contributed by atoms with Gasteiger partial charge in [0.25, 0.3) is 0 Å². The van der Waals surface area contributed by atoms with Crippen LogP contribution in [0.2, 0.25) is 0 Å². The van der Waals surface area contributed by atoms with Crippen LogP contribution < -0.4 is 5.32 Å². The molecule has 1 amide bonds. The van der Waals surface area contributed by atoms with E-state index in [9.17, 15) is 4.79 Å². The Morgan fingerprint density at radius 3 is 2.70 bits per heavy atom. The molecule has 3 rings (SSSR count). The van der Waals surface area contributed by atoms with Crippen molar-refractivity contribution < 1.29 is 9.32 Å². The van der Waals surface area contributed by atoms with Crippen LogP contribution >= 0.6 is 0 Å². The molecule has 1 aromatic carbocycles. The van der Waals surface area contributed by atoms with Crippen LogP contribution in [0.3, 0.4) is 0 Å². The van der Waals surface area contributed by atoms with E-state index in [-0.39, 0.29) is 12.3 Å². The lowest BCUT2D eigenvalue weighted by atomic mass is 9.85. The zero-order valence-corrected chi connectivity index (χ0v) is 13.6. The van der Waals surface area contributed by atoms with Gasteiger partial charge in [0, 0.05) is 18.5 Å². The lowest BCUT2D eigenvalue weighted by Gasteiger charge is -2.24. The number of carbonyl (C=O) groups excluding carboxylic acids is 1. The predicted molar refractivity (Wildman–Crippen MR) is 89.1 cm³/mol. The molecular weight excluding hydrogens is 288 g/mol. The molecule has 1 aliphatic carbocycles. The first-order chi connectivity index (χ1) is 11.2. The number of nitrogens with zero attached hydrogens (tertiary/aromatic N) is 1. The van der Waals surface area contributed by atoms with Gasteiger partial charge in [-0.05, 0) is 31.2 Å². The van der Waals surface area contributed by atoms with Gasteiger partial charge in [0.15, 0.2) is 0 Å². The summed E-state index contributed by atoms with van der Waals surface area (Å²) in [5, 5.41) is 6.91. The molecule has 122 valence electrons. The topological polar surface area (TPSA) is 55.1 Å². The lowest BCUT2D eigenvalue weighted by Crippen LogP contribution is -2.32. The number of amides is 1. The standard InChI is InChI=1S/C19H24N2O2/c1-14-11-17(23-21-14)12-19(22)20-13-18(16-9-5-6-10-16)15-7-3-2-4-8-15/h2-4,7-8,11,16,18H,5-6,9-10,12-13H2,1H3,(H,20,22)/t18-/m0/s1. The lowest BCUT2D eigenvalue weighted by molar-refractivity contribution is -0.120. The summed E-state index contributed by atoms with van der Waals surface area (Å²) in [5.74, 6) is 1.70. The Labute approximate surface area is 137 Å². The highest BCUT2D eigenvalue weighted by Crippen LogP contribution is 2.36. The average Bonchev–Trinajstić information content (AvgIpc) is 3.21. The Morgan fingerprint density at radius 2 is 2.04 bits per heavy atom. The van der Waals surface area contributed by atoms with Gasteiger partial charge < -0.3 is 9.84 Å². The first-order valence-electron chi connectivity index (χ1n) is 8.46. The van der Waals surface area contributed by atoms with E-state index >= 15 is 0 Å². The van der Waals surface area contributed by atoms with E-state index in [1.54, 1.807) is 0 Å². The van der Waals surface area contributed by atoms with Crippen molar-refractivity contribution in [3.63, 3.8) is 0 Å². The fourth-order valence-corrected chi connectivity index (χ4v) is 3.56. The molecule has 0 saturated heterocycles.